The van der Waals surface area contributed by atoms with Gasteiger partial charge in [0.25, 0.3) is 17.7 Å². The van der Waals surface area contributed by atoms with Crippen molar-refractivity contribution < 1.29 is 14.4 Å². The number of aryl methyl sites for hydroxylation is 3. The van der Waals surface area contributed by atoms with Crippen molar-refractivity contribution in [2.24, 2.45) is 26.9 Å². The summed E-state index contributed by atoms with van der Waals surface area (Å²) in [5, 5.41) is 19.3. The molecular formula is C20H26N10O3. The molecule has 0 saturated heterocycles. The molecule has 3 aromatic heterocycles. The monoisotopic (exact) mass is 454 g/mol. The zero-order valence-corrected chi connectivity index (χ0v) is 18.5. The SMILES string of the molecule is Cn1cc(NC(=O)c2cc(NC(=O)c3cc(N)nn3C)cn2C)cc1C(=O)NCCC(=N)N. The molecule has 33 heavy (non-hydrogen) atoms. The lowest BCUT2D eigenvalue weighted by molar-refractivity contribution is 0.0944. The number of carbonyl (C=O) groups excluding carboxylic acids is 3. The molecule has 3 heterocycles. The Morgan fingerprint density at radius 3 is 1.91 bits per heavy atom. The molecule has 0 fully saturated rings. The summed E-state index contributed by atoms with van der Waals surface area (Å²) in [6, 6.07) is 4.53. The molecule has 3 aromatic rings. The van der Waals surface area contributed by atoms with Crippen LogP contribution in [0.1, 0.15) is 37.9 Å². The summed E-state index contributed by atoms with van der Waals surface area (Å²) in [4.78, 5) is 37.5. The summed E-state index contributed by atoms with van der Waals surface area (Å²) in [5.41, 5.74) is 12.7. The fourth-order valence-corrected chi connectivity index (χ4v) is 3.21. The lowest BCUT2D eigenvalue weighted by Gasteiger charge is -2.04. The number of carbonyl (C=O) groups is 3. The minimum atomic E-state index is -0.420. The molecule has 0 aliphatic carbocycles. The highest BCUT2D eigenvalue weighted by Crippen LogP contribution is 2.18. The van der Waals surface area contributed by atoms with Crippen LogP contribution in [0.25, 0.3) is 0 Å². The molecule has 0 saturated carbocycles. The van der Waals surface area contributed by atoms with Gasteiger partial charge in [0.15, 0.2) is 0 Å². The van der Waals surface area contributed by atoms with Crippen LogP contribution in [0.15, 0.2) is 30.6 Å². The van der Waals surface area contributed by atoms with Crippen molar-refractivity contribution in [2.45, 2.75) is 6.42 Å². The van der Waals surface area contributed by atoms with Crippen LogP contribution in [0.4, 0.5) is 17.2 Å². The summed E-state index contributed by atoms with van der Waals surface area (Å²) in [6.07, 6.45) is 3.46. The zero-order valence-electron chi connectivity index (χ0n) is 18.5. The second kappa shape index (κ2) is 9.30. The Hall–Kier alpha value is -4.55. The number of aromatic nitrogens is 4. The predicted octanol–water partition coefficient (Wildman–Crippen LogP) is 0.240. The van der Waals surface area contributed by atoms with Crippen LogP contribution in [-0.2, 0) is 21.1 Å². The molecule has 13 nitrogen and oxygen atoms in total. The molecule has 8 N–H and O–H groups in total. The van der Waals surface area contributed by atoms with E-state index in [1.165, 1.54) is 16.8 Å². The van der Waals surface area contributed by atoms with Crippen molar-refractivity contribution in [2.75, 3.05) is 22.9 Å². The number of nitrogens with two attached hydrogens (primary N) is 2. The molecule has 174 valence electrons. The van der Waals surface area contributed by atoms with Crippen LogP contribution in [0.2, 0.25) is 0 Å². The van der Waals surface area contributed by atoms with Crippen molar-refractivity contribution in [1.29, 1.82) is 5.41 Å². The zero-order chi connectivity index (χ0) is 24.3. The molecule has 0 aromatic carbocycles. The van der Waals surface area contributed by atoms with Crippen molar-refractivity contribution in [1.82, 2.24) is 24.2 Å². The van der Waals surface area contributed by atoms with Gasteiger partial charge in [0.2, 0.25) is 0 Å². The van der Waals surface area contributed by atoms with E-state index >= 15 is 0 Å². The molecule has 0 aliphatic heterocycles. The largest absolute Gasteiger partial charge is 0.388 e. The maximum Gasteiger partial charge on any atom is 0.274 e. The number of rotatable bonds is 8. The molecule has 13 heteroatoms. The van der Waals surface area contributed by atoms with E-state index in [-0.39, 0.29) is 36.2 Å². The smallest absolute Gasteiger partial charge is 0.274 e. The van der Waals surface area contributed by atoms with Gasteiger partial charge in [0, 0.05) is 52.6 Å². The van der Waals surface area contributed by atoms with E-state index in [1.54, 1.807) is 48.7 Å². The summed E-state index contributed by atoms with van der Waals surface area (Å²) >= 11 is 0. The van der Waals surface area contributed by atoms with Crippen LogP contribution in [0.5, 0.6) is 0 Å². The number of amidine groups is 1. The molecular weight excluding hydrogens is 428 g/mol. The predicted molar refractivity (Wildman–Crippen MR) is 123 cm³/mol. The van der Waals surface area contributed by atoms with Gasteiger partial charge in [-0.25, -0.2) is 0 Å². The third-order valence-electron chi connectivity index (χ3n) is 4.80. The quantitative estimate of drug-likeness (QED) is 0.208. The van der Waals surface area contributed by atoms with Gasteiger partial charge < -0.3 is 36.6 Å². The first-order valence-electron chi connectivity index (χ1n) is 9.91. The highest BCUT2D eigenvalue weighted by atomic mass is 16.2. The Morgan fingerprint density at radius 2 is 1.42 bits per heavy atom. The van der Waals surface area contributed by atoms with E-state index in [1.807, 2.05) is 0 Å². The van der Waals surface area contributed by atoms with Crippen molar-refractivity contribution >= 4 is 40.7 Å². The molecule has 0 bridgehead atoms. The Labute approximate surface area is 189 Å². The minimum absolute atomic E-state index is 0.0160. The number of nitrogens with zero attached hydrogens (tertiary/aromatic N) is 4. The summed E-state index contributed by atoms with van der Waals surface area (Å²) in [6.45, 7) is 0.240. The van der Waals surface area contributed by atoms with E-state index in [0.29, 0.717) is 22.8 Å². The van der Waals surface area contributed by atoms with Crippen LogP contribution >= 0.6 is 0 Å². The number of anilines is 3. The highest BCUT2D eigenvalue weighted by Gasteiger charge is 2.18. The lowest BCUT2D eigenvalue weighted by atomic mass is 10.3. The average Bonchev–Trinajstić information content (AvgIpc) is 3.37. The Balaban J connectivity index is 1.67. The van der Waals surface area contributed by atoms with E-state index < -0.39 is 11.8 Å². The van der Waals surface area contributed by atoms with Crippen molar-refractivity contribution in [3.63, 3.8) is 0 Å². The van der Waals surface area contributed by atoms with E-state index in [0.717, 1.165) is 0 Å². The summed E-state index contributed by atoms with van der Waals surface area (Å²) in [5.74, 6) is -0.971. The van der Waals surface area contributed by atoms with Gasteiger partial charge in [-0.05, 0) is 12.1 Å². The Kier molecular flexibility index (Phi) is 6.51. The Bertz CT molecular complexity index is 1230. The molecule has 3 rings (SSSR count). The third kappa shape index (κ3) is 5.39. The fourth-order valence-electron chi connectivity index (χ4n) is 3.21. The topological polar surface area (TPSA) is 191 Å². The maximum absolute atomic E-state index is 12.8. The van der Waals surface area contributed by atoms with Gasteiger partial charge in [-0.1, -0.05) is 0 Å². The van der Waals surface area contributed by atoms with E-state index in [9.17, 15) is 14.4 Å². The second-order valence-corrected chi connectivity index (χ2v) is 7.47. The third-order valence-corrected chi connectivity index (χ3v) is 4.80. The summed E-state index contributed by atoms with van der Waals surface area (Å²) < 4.78 is 4.51. The van der Waals surface area contributed by atoms with Gasteiger partial charge in [-0.15, -0.1) is 0 Å². The molecule has 0 radical (unpaired) electrons. The molecule has 0 spiro atoms. The van der Waals surface area contributed by atoms with E-state index in [2.05, 4.69) is 21.0 Å². The van der Waals surface area contributed by atoms with Gasteiger partial charge in [0.05, 0.1) is 17.2 Å². The number of hydrogen-bond donors (Lipinski definition) is 6. The number of nitrogens with one attached hydrogen (secondary N) is 4. The van der Waals surface area contributed by atoms with Gasteiger partial charge in [-0.2, -0.15) is 5.10 Å². The molecule has 0 aliphatic rings. The van der Waals surface area contributed by atoms with Gasteiger partial charge in [-0.3, -0.25) is 24.5 Å². The van der Waals surface area contributed by atoms with Crippen molar-refractivity contribution in [3.05, 3.63) is 47.7 Å². The number of amides is 3. The first-order chi connectivity index (χ1) is 15.5. The van der Waals surface area contributed by atoms with Gasteiger partial charge >= 0.3 is 0 Å². The summed E-state index contributed by atoms with van der Waals surface area (Å²) in [7, 11) is 4.95. The van der Waals surface area contributed by atoms with Crippen LogP contribution in [0.3, 0.4) is 0 Å². The standard InChI is InChI=1S/C20H26N10O3/c1-28-9-11(6-13(28)18(31)24-5-4-16(21)22)25-19(32)14-7-12(10-29(14)2)26-20(33)15-8-17(23)27-30(15)3/h6-10H,4-5H2,1-3H3,(H3,21,22)(H2,23,27)(H,24,31)(H,25,32)(H,26,33). The van der Waals surface area contributed by atoms with Crippen LogP contribution < -0.4 is 27.4 Å². The van der Waals surface area contributed by atoms with Gasteiger partial charge in [0.1, 0.15) is 22.9 Å². The lowest BCUT2D eigenvalue weighted by Crippen LogP contribution is -2.28. The number of nitrogen functional groups attached to an aromatic ring is 1. The Morgan fingerprint density at radius 1 is 0.909 bits per heavy atom. The minimum Gasteiger partial charge on any atom is -0.388 e. The average molecular weight is 454 g/mol. The normalized spacial score (nSPS) is 10.6. The maximum atomic E-state index is 12.8. The first-order valence-corrected chi connectivity index (χ1v) is 9.91. The number of hydrogen-bond acceptors (Lipinski definition) is 6. The van der Waals surface area contributed by atoms with Crippen LogP contribution in [0, 0.1) is 5.41 Å². The van der Waals surface area contributed by atoms with Crippen LogP contribution in [-0.4, -0.2) is 49.0 Å². The fraction of sp³-hybridized carbons (Fsp3) is 0.250. The molecule has 3 amide bonds. The molecule has 0 atom stereocenters. The van der Waals surface area contributed by atoms with E-state index in [4.69, 9.17) is 16.9 Å². The van der Waals surface area contributed by atoms with Crippen molar-refractivity contribution in [3.8, 4) is 0 Å². The first kappa shape index (κ1) is 23.1. The molecule has 0 unspecified atom stereocenters. The highest BCUT2D eigenvalue weighted by molar-refractivity contribution is 6.07. The second-order valence-electron chi connectivity index (χ2n) is 7.47.